The maximum atomic E-state index is 5.13. The standard InChI is InChI=1S/C24H30N4O/c1-24(2,3)19-13-8-9-14-20(19)26-22-17-21(18-11-6-5-7-12-18)27-23(28-22)25-15-10-16-29-4/h5-9,11-14,17H,10,15-16H2,1-4H3,(H2,25,26,27,28). The van der Waals surface area contributed by atoms with Crippen LogP contribution >= 0.6 is 0 Å². The second-order valence-electron chi connectivity index (χ2n) is 8.02. The predicted octanol–water partition coefficient (Wildman–Crippen LogP) is 5.63. The fourth-order valence-electron chi connectivity index (χ4n) is 3.15. The summed E-state index contributed by atoms with van der Waals surface area (Å²) in [7, 11) is 1.71. The van der Waals surface area contributed by atoms with Crippen LogP contribution in [0.1, 0.15) is 32.8 Å². The van der Waals surface area contributed by atoms with Crippen molar-refractivity contribution >= 4 is 17.5 Å². The minimum absolute atomic E-state index is 0.0279. The largest absolute Gasteiger partial charge is 0.385 e. The van der Waals surface area contributed by atoms with E-state index >= 15 is 0 Å². The zero-order chi connectivity index (χ0) is 20.7. The Labute approximate surface area is 173 Å². The summed E-state index contributed by atoms with van der Waals surface area (Å²) in [5.74, 6) is 1.38. The number of rotatable bonds is 8. The van der Waals surface area contributed by atoms with Crippen molar-refractivity contribution < 1.29 is 4.74 Å². The summed E-state index contributed by atoms with van der Waals surface area (Å²) >= 11 is 0. The second-order valence-corrected chi connectivity index (χ2v) is 8.02. The Balaban J connectivity index is 1.93. The third-order valence-electron chi connectivity index (χ3n) is 4.60. The fourth-order valence-corrected chi connectivity index (χ4v) is 3.15. The molecule has 1 heterocycles. The van der Waals surface area contributed by atoms with Crippen LogP contribution in [-0.4, -0.2) is 30.2 Å². The molecule has 0 spiro atoms. The van der Waals surface area contributed by atoms with E-state index in [4.69, 9.17) is 14.7 Å². The number of hydrogen-bond donors (Lipinski definition) is 2. The first kappa shape index (κ1) is 20.8. The van der Waals surface area contributed by atoms with Crippen LogP contribution in [0.4, 0.5) is 17.5 Å². The predicted molar refractivity (Wildman–Crippen MR) is 121 cm³/mol. The first-order chi connectivity index (χ1) is 14.0. The van der Waals surface area contributed by atoms with E-state index < -0.39 is 0 Å². The molecule has 5 heteroatoms. The summed E-state index contributed by atoms with van der Waals surface area (Å²) in [6, 6.07) is 20.5. The van der Waals surface area contributed by atoms with Gasteiger partial charge >= 0.3 is 0 Å². The quantitative estimate of drug-likeness (QED) is 0.488. The van der Waals surface area contributed by atoms with Crippen LogP contribution in [0.2, 0.25) is 0 Å². The molecule has 0 saturated heterocycles. The maximum Gasteiger partial charge on any atom is 0.225 e. The molecule has 152 valence electrons. The third-order valence-corrected chi connectivity index (χ3v) is 4.60. The smallest absolute Gasteiger partial charge is 0.225 e. The molecule has 0 radical (unpaired) electrons. The molecule has 2 aromatic carbocycles. The van der Waals surface area contributed by atoms with E-state index in [2.05, 4.69) is 61.7 Å². The van der Waals surface area contributed by atoms with E-state index in [0.29, 0.717) is 12.6 Å². The van der Waals surface area contributed by atoms with Gasteiger partial charge in [-0.15, -0.1) is 0 Å². The summed E-state index contributed by atoms with van der Waals surface area (Å²) in [5, 5.41) is 6.83. The number of para-hydroxylation sites is 1. The summed E-state index contributed by atoms with van der Waals surface area (Å²) in [5.41, 5.74) is 4.27. The molecule has 3 aromatic rings. The lowest BCUT2D eigenvalue weighted by Crippen LogP contribution is -2.14. The van der Waals surface area contributed by atoms with Gasteiger partial charge in [0.2, 0.25) is 5.95 Å². The number of benzene rings is 2. The zero-order valence-electron chi connectivity index (χ0n) is 17.7. The van der Waals surface area contributed by atoms with E-state index in [-0.39, 0.29) is 5.41 Å². The molecule has 0 aliphatic heterocycles. The van der Waals surface area contributed by atoms with Gasteiger partial charge in [-0.2, -0.15) is 4.98 Å². The first-order valence-corrected chi connectivity index (χ1v) is 10.0. The van der Waals surface area contributed by atoms with E-state index in [9.17, 15) is 0 Å². The number of hydrogen-bond acceptors (Lipinski definition) is 5. The van der Waals surface area contributed by atoms with Crippen LogP contribution < -0.4 is 10.6 Å². The van der Waals surface area contributed by atoms with Gasteiger partial charge < -0.3 is 15.4 Å². The van der Waals surface area contributed by atoms with E-state index in [1.807, 2.05) is 30.3 Å². The van der Waals surface area contributed by atoms with Gasteiger partial charge in [0.1, 0.15) is 5.82 Å². The van der Waals surface area contributed by atoms with Crippen LogP contribution in [0.3, 0.4) is 0 Å². The molecule has 0 fully saturated rings. The molecule has 0 bridgehead atoms. The number of nitrogens with zero attached hydrogens (tertiary/aromatic N) is 2. The molecule has 29 heavy (non-hydrogen) atoms. The van der Waals surface area contributed by atoms with Gasteiger partial charge in [-0.1, -0.05) is 69.3 Å². The molecule has 0 atom stereocenters. The lowest BCUT2D eigenvalue weighted by molar-refractivity contribution is 0.197. The number of anilines is 3. The Bertz CT molecular complexity index is 920. The average Bonchev–Trinajstić information content (AvgIpc) is 2.71. The Morgan fingerprint density at radius 3 is 2.38 bits per heavy atom. The third kappa shape index (κ3) is 5.78. The van der Waals surface area contributed by atoms with Gasteiger partial charge in [0.05, 0.1) is 5.69 Å². The molecule has 0 aliphatic rings. The molecule has 2 N–H and O–H groups in total. The van der Waals surface area contributed by atoms with Crippen molar-refractivity contribution in [3.8, 4) is 11.3 Å². The maximum absolute atomic E-state index is 5.13. The van der Waals surface area contributed by atoms with Gasteiger partial charge in [-0.3, -0.25) is 0 Å². The lowest BCUT2D eigenvalue weighted by atomic mass is 9.86. The van der Waals surface area contributed by atoms with Crippen molar-refractivity contribution in [2.45, 2.75) is 32.6 Å². The Morgan fingerprint density at radius 1 is 0.931 bits per heavy atom. The monoisotopic (exact) mass is 390 g/mol. The molecule has 0 amide bonds. The fraction of sp³-hybridized carbons (Fsp3) is 0.333. The minimum Gasteiger partial charge on any atom is -0.385 e. The molecule has 1 aromatic heterocycles. The average molecular weight is 391 g/mol. The first-order valence-electron chi connectivity index (χ1n) is 10.0. The van der Waals surface area contributed by atoms with Gasteiger partial charge in [0, 0.05) is 37.6 Å². The summed E-state index contributed by atoms with van der Waals surface area (Å²) in [6.07, 6.45) is 0.894. The second kappa shape index (κ2) is 9.52. The molecular formula is C24H30N4O. The number of ether oxygens (including phenoxy) is 1. The Morgan fingerprint density at radius 2 is 1.66 bits per heavy atom. The van der Waals surface area contributed by atoms with Crippen molar-refractivity contribution in [1.82, 2.24) is 9.97 Å². The van der Waals surface area contributed by atoms with Crippen molar-refractivity contribution in [3.63, 3.8) is 0 Å². The van der Waals surface area contributed by atoms with Gasteiger partial charge in [-0.05, 0) is 23.5 Å². The summed E-state index contributed by atoms with van der Waals surface area (Å²) in [6.45, 7) is 8.10. The molecule has 0 saturated carbocycles. The summed E-state index contributed by atoms with van der Waals surface area (Å²) < 4.78 is 5.13. The number of nitrogens with one attached hydrogen (secondary N) is 2. The van der Waals surface area contributed by atoms with Crippen LogP contribution in [0.5, 0.6) is 0 Å². The number of aromatic nitrogens is 2. The van der Waals surface area contributed by atoms with Crippen LogP contribution in [0, 0.1) is 0 Å². The van der Waals surface area contributed by atoms with Crippen molar-refractivity contribution in [3.05, 3.63) is 66.2 Å². The van der Waals surface area contributed by atoms with E-state index in [1.165, 1.54) is 5.56 Å². The minimum atomic E-state index is 0.0279. The van der Waals surface area contributed by atoms with Gasteiger partial charge in [0.15, 0.2) is 0 Å². The Hall–Kier alpha value is -2.92. The molecule has 5 nitrogen and oxygen atoms in total. The molecular weight excluding hydrogens is 360 g/mol. The Kier molecular flexibility index (Phi) is 6.83. The normalized spacial score (nSPS) is 11.3. The van der Waals surface area contributed by atoms with Crippen molar-refractivity contribution in [2.24, 2.45) is 0 Å². The topological polar surface area (TPSA) is 59.1 Å². The van der Waals surface area contributed by atoms with Crippen molar-refractivity contribution in [1.29, 1.82) is 0 Å². The lowest BCUT2D eigenvalue weighted by Gasteiger charge is -2.23. The van der Waals surface area contributed by atoms with Gasteiger partial charge in [-0.25, -0.2) is 4.98 Å². The van der Waals surface area contributed by atoms with E-state index in [1.54, 1.807) is 7.11 Å². The van der Waals surface area contributed by atoms with Crippen LogP contribution in [-0.2, 0) is 10.2 Å². The summed E-state index contributed by atoms with van der Waals surface area (Å²) in [4.78, 5) is 9.41. The highest BCUT2D eigenvalue weighted by Gasteiger charge is 2.18. The highest BCUT2D eigenvalue weighted by Crippen LogP contribution is 2.32. The van der Waals surface area contributed by atoms with Gasteiger partial charge in [0.25, 0.3) is 0 Å². The zero-order valence-corrected chi connectivity index (χ0v) is 17.7. The highest BCUT2D eigenvalue weighted by atomic mass is 16.5. The van der Waals surface area contributed by atoms with Crippen molar-refractivity contribution in [2.75, 3.05) is 30.9 Å². The SMILES string of the molecule is COCCCNc1nc(Nc2ccccc2C(C)(C)C)cc(-c2ccccc2)n1. The molecule has 0 aliphatic carbocycles. The van der Waals surface area contributed by atoms with Crippen LogP contribution in [0.15, 0.2) is 60.7 Å². The highest BCUT2D eigenvalue weighted by molar-refractivity contribution is 5.69. The molecule has 0 unspecified atom stereocenters. The van der Waals surface area contributed by atoms with E-state index in [0.717, 1.165) is 35.7 Å². The number of methoxy groups -OCH3 is 1. The van der Waals surface area contributed by atoms with Crippen LogP contribution in [0.25, 0.3) is 11.3 Å². The molecule has 3 rings (SSSR count).